The summed E-state index contributed by atoms with van der Waals surface area (Å²) in [5.74, 6) is 0.890. The van der Waals surface area contributed by atoms with E-state index in [1.807, 2.05) is 33.8 Å². The number of nitrogens with zero attached hydrogens (tertiary/aromatic N) is 6. The van der Waals surface area contributed by atoms with Crippen LogP contribution in [0.15, 0.2) is 30.5 Å². The van der Waals surface area contributed by atoms with Crippen molar-refractivity contribution in [1.82, 2.24) is 29.4 Å². The van der Waals surface area contributed by atoms with Gasteiger partial charge in [-0.25, -0.2) is 18.7 Å². The second kappa shape index (κ2) is 10.9. The van der Waals surface area contributed by atoms with Crippen molar-refractivity contribution in [2.24, 2.45) is 11.8 Å². The first-order valence-electron chi connectivity index (χ1n) is 16.7. The van der Waals surface area contributed by atoms with Crippen LogP contribution in [-0.2, 0) is 16.0 Å². The molecule has 4 aliphatic rings. The third-order valence-corrected chi connectivity index (χ3v) is 10.3. The number of ether oxygens (including phenoxy) is 2. The molecule has 0 aromatic carbocycles. The summed E-state index contributed by atoms with van der Waals surface area (Å²) < 4.78 is 30.6. The zero-order valence-electron chi connectivity index (χ0n) is 27.6. The molecule has 2 saturated carbocycles. The zero-order valence-corrected chi connectivity index (χ0v) is 27.6. The third-order valence-electron chi connectivity index (χ3n) is 10.3. The van der Waals surface area contributed by atoms with Gasteiger partial charge in [-0.05, 0) is 89.5 Å². The maximum Gasteiger partial charge on any atom is 0.407 e. The van der Waals surface area contributed by atoms with Crippen molar-refractivity contribution in [1.29, 1.82) is 0 Å². The fourth-order valence-electron chi connectivity index (χ4n) is 7.70. The molecule has 4 aromatic rings. The largest absolute Gasteiger partial charge is 0.444 e. The summed E-state index contributed by atoms with van der Waals surface area (Å²) in [4.78, 5) is 35.5. The molecule has 2 amide bonds. The number of piperidine rings is 1. The maximum absolute atomic E-state index is 15.9. The molecule has 2 saturated heterocycles. The summed E-state index contributed by atoms with van der Waals surface area (Å²) in [6.07, 6.45) is 5.43. The Morgan fingerprint density at radius 3 is 2.60 bits per heavy atom. The first-order chi connectivity index (χ1) is 22.5. The number of hydrogen-bond donors (Lipinski definition) is 1. The van der Waals surface area contributed by atoms with Gasteiger partial charge in [0.15, 0.2) is 0 Å². The number of amides is 2. The van der Waals surface area contributed by atoms with Crippen molar-refractivity contribution in [2.45, 2.75) is 83.7 Å². The molecule has 3 atom stereocenters. The molecular formula is C35H42FN7O4. The lowest BCUT2D eigenvalue weighted by atomic mass is 10.1. The summed E-state index contributed by atoms with van der Waals surface area (Å²) in [5.41, 5.74) is 3.17. The maximum atomic E-state index is 15.9. The van der Waals surface area contributed by atoms with E-state index in [2.05, 4.69) is 26.9 Å². The number of anilines is 1. The van der Waals surface area contributed by atoms with Crippen molar-refractivity contribution in [3.05, 3.63) is 47.4 Å². The Hall–Kier alpha value is -4.19. The molecule has 47 heavy (non-hydrogen) atoms. The van der Waals surface area contributed by atoms with Crippen LogP contribution in [0.1, 0.15) is 62.4 Å². The van der Waals surface area contributed by atoms with E-state index in [-0.39, 0.29) is 35.6 Å². The van der Waals surface area contributed by atoms with Crippen LogP contribution in [0.25, 0.3) is 27.9 Å². The predicted molar refractivity (Wildman–Crippen MR) is 175 cm³/mol. The van der Waals surface area contributed by atoms with E-state index >= 15 is 4.39 Å². The fraction of sp³-hybridized carbons (Fsp3) is 0.543. The minimum absolute atomic E-state index is 0.133. The SMILES string of the molecule is COC1CN(c2ccc3cc(-c4nn5cc(C(=O)N6CC7CCC6[C@@H]7NC(=O)OC(C)(C)C)cc(F)c5c4C)n(CC4CC4)c3n2)C1. The second-order valence-electron chi connectivity index (χ2n) is 14.8. The molecule has 8 rings (SSSR count). The number of aryl methyl sites for hydroxylation is 1. The number of likely N-dealkylation sites (tertiary alicyclic amines) is 1. The topological polar surface area (TPSA) is 106 Å². The average Bonchev–Trinajstić information content (AvgIpc) is 3.34. The molecule has 6 heterocycles. The summed E-state index contributed by atoms with van der Waals surface area (Å²) in [5, 5.41) is 8.91. The van der Waals surface area contributed by atoms with Gasteiger partial charge in [0.25, 0.3) is 5.91 Å². The van der Waals surface area contributed by atoms with Crippen LogP contribution in [0.3, 0.4) is 0 Å². The Balaban J connectivity index is 1.10. The Bertz CT molecular complexity index is 1900. The summed E-state index contributed by atoms with van der Waals surface area (Å²) in [7, 11) is 1.74. The number of nitrogens with one attached hydrogen (secondary N) is 1. The normalized spacial score (nSPS) is 22.8. The highest BCUT2D eigenvalue weighted by Gasteiger charge is 2.50. The van der Waals surface area contributed by atoms with Crippen molar-refractivity contribution < 1.29 is 23.5 Å². The van der Waals surface area contributed by atoms with Crippen LogP contribution >= 0.6 is 0 Å². The summed E-state index contributed by atoms with van der Waals surface area (Å²) in [6, 6.07) is 7.22. The number of methoxy groups -OCH3 is 1. The van der Waals surface area contributed by atoms with E-state index in [9.17, 15) is 9.59 Å². The number of alkyl carbamates (subject to hydrolysis) is 1. The van der Waals surface area contributed by atoms with Gasteiger partial charge >= 0.3 is 6.09 Å². The van der Waals surface area contributed by atoms with Gasteiger partial charge in [0.2, 0.25) is 0 Å². The van der Waals surface area contributed by atoms with Gasteiger partial charge in [0, 0.05) is 50.4 Å². The van der Waals surface area contributed by atoms with Gasteiger partial charge in [-0.3, -0.25) is 4.79 Å². The van der Waals surface area contributed by atoms with E-state index < -0.39 is 17.5 Å². The number of fused-ring (bicyclic) bond motifs is 4. The molecule has 248 valence electrons. The molecule has 12 heteroatoms. The van der Waals surface area contributed by atoms with Gasteiger partial charge in [-0.15, -0.1) is 0 Å². The number of carbonyl (C=O) groups is 2. The lowest BCUT2D eigenvalue weighted by molar-refractivity contribution is 0.0485. The zero-order chi connectivity index (χ0) is 32.8. The molecule has 0 radical (unpaired) electrons. The lowest BCUT2D eigenvalue weighted by Gasteiger charge is -2.39. The smallest absolute Gasteiger partial charge is 0.407 e. The Morgan fingerprint density at radius 1 is 1.09 bits per heavy atom. The quantitative estimate of drug-likeness (QED) is 0.296. The van der Waals surface area contributed by atoms with Gasteiger partial charge in [0.05, 0.1) is 29.4 Å². The van der Waals surface area contributed by atoms with Gasteiger partial charge in [0.1, 0.15) is 34.1 Å². The van der Waals surface area contributed by atoms with Crippen molar-refractivity contribution in [3.63, 3.8) is 0 Å². The molecule has 2 bridgehead atoms. The number of hydrogen-bond acceptors (Lipinski definition) is 7. The van der Waals surface area contributed by atoms with Crippen LogP contribution < -0.4 is 10.2 Å². The van der Waals surface area contributed by atoms with Gasteiger partial charge < -0.3 is 29.2 Å². The van der Waals surface area contributed by atoms with E-state index in [1.165, 1.54) is 23.4 Å². The Kier molecular flexibility index (Phi) is 7.02. The number of aromatic nitrogens is 4. The fourth-order valence-corrected chi connectivity index (χ4v) is 7.70. The van der Waals surface area contributed by atoms with E-state index in [4.69, 9.17) is 19.6 Å². The van der Waals surface area contributed by atoms with Gasteiger partial charge in [-0.2, -0.15) is 5.10 Å². The van der Waals surface area contributed by atoms with Crippen molar-refractivity contribution in [2.75, 3.05) is 31.6 Å². The highest BCUT2D eigenvalue weighted by atomic mass is 19.1. The molecule has 11 nitrogen and oxygen atoms in total. The van der Waals surface area contributed by atoms with Crippen LogP contribution in [-0.4, -0.2) is 86.6 Å². The molecule has 4 fully saturated rings. The van der Waals surface area contributed by atoms with Crippen LogP contribution in [0.5, 0.6) is 0 Å². The molecule has 1 N–H and O–H groups in total. The second-order valence-corrected chi connectivity index (χ2v) is 14.8. The minimum Gasteiger partial charge on any atom is -0.444 e. The highest BCUT2D eigenvalue weighted by Crippen LogP contribution is 2.40. The van der Waals surface area contributed by atoms with Crippen molar-refractivity contribution >= 4 is 34.4 Å². The molecule has 4 aromatic heterocycles. The third kappa shape index (κ3) is 5.30. The Morgan fingerprint density at radius 2 is 1.87 bits per heavy atom. The number of halogens is 1. The first-order valence-corrected chi connectivity index (χ1v) is 16.7. The molecule has 2 aliphatic heterocycles. The Labute approximate surface area is 273 Å². The number of pyridine rings is 2. The highest BCUT2D eigenvalue weighted by molar-refractivity contribution is 5.95. The van der Waals surface area contributed by atoms with Crippen molar-refractivity contribution in [3.8, 4) is 11.4 Å². The molecular weight excluding hydrogens is 601 g/mol. The van der Waals surface area contributed by atoms with Crippen LogP contribution in [0.4, 0.5) is 15.0 Å². The number of carbonyl (C=O) groups excluding carboxylic acids is 2. The minimum atomic E-state index is -0.612. The van der Waals surface area contributed by atoms with E-state index in [0.717, 1.165) is 55.0 Å². The monoisotopic (exact) mass is 643 g/mol. The predicted octanol–water partition coefficient (Wildman–Crippen LogP) is 5.17. The van der Waals surface area contributed by atoms with E-state index in [0.29, 0.717) is 29.2 Å². The first kappa shape index (κ1) is 30.2. The lowest BCUT2D eigenvalue weighted by Crippen LogP contribution is -2.52. The van der Waals surface area contributed by atoms with Crippen LogP contribution in [0, 0.1) is 24.6 Å². The molecule has 2 aliphatic carbocycles. The average molecular weight is 644 g/mol. The van der Waals surface area contributed by atoms with E-state index in [1.54, 1.807) is 18.2 Å². The molecule has 0 spiro atoms. The standard InChI is InChI=1S/C35H42FN7O4/c1-19-29(27-13-21-9-11-28(40-17-24(18-40)46-5)37-32(21)41(27)14-20-6-7-20)39-43-16-23(12-25(36)31(19)43)33(44)42-15-22-8-10-26(42)30(22)38-34(45)47-35(2,3)4/h9,11-13,16,20,22,24,26,30H,6-8,10,14-15,17-18H2,1-5H3,(H,38,45)/t22?,26?,30-/m1/s1. The molecule has 2 unspecified atom stereocenters. The summed E-state index contributed by atoms with van der Waals surface area (Å²) in [6.45, 7) is 10.3. The summed E-state index contributed by atoms with van der Waals surface area (Å²) >= 11 is 0. The van der Waals surface area contributed by atoms with Crippen LogP contribution in [0.2, 0.25) is 0 Å². The number of rotatable bonds is 7. The van der Waals surface area contributed by atoms with Gasteiger partial charge in [-0.1, -0.05) is 0 Å².